The molecule has 0 aliphatic carbocycles. The van der Waals surface area contributed by atoms with E-state index in [9.17, 15) is 13.2 Å². The van der Waals surface area contributed by atoms with E-state index in [-0.39, 0.29) is 11.4 Å². The number of nitrogens with zero attached hydrogens (tertiary/aromatic N) is 1. The minimum Gasteiger partial charge on any atom is -0.396 e. The third kappa shape index (κ3) is 5.77. The number of rotatable bonds is 3. The van der Waals surface area contributed by atoms with Gasteiger partial charge in [-0.15, -0.1) is 13.2 Å². The molecule has 100 valence electrons. The monoisotopic (exact) mass is 251 g/mol. The predicted octanol–water partition coefficient (Wildman–Crippen LogP) is 3.75. The normalized spacial score (nSPS) is 11.0. The van der Waals surface area contributed by atoms with Crippen molar-refractivity contribution >= 4 is 0 Å². The lowest BCUT2D eigenvalue weighted by Crippen LogP contribution is -2.19. The lowest BCUT2D eigenvalue weighted by molar-refractivity contribution is -0.205. The maximum absolute atomic E-state index is 12.1. The first kappa shape index (κ1) is 16.0. The second kappa shape index (κ2) is 7.37. The highest BCUT2D eigenvalue weighted by atomic mass is 19.4. The van der Waals surface area contributed by atoms with Crippen molar-refractivity contribution in [2.45, 2.75) is 46.3 Å². The van der Waals surface area contributed by atoms with Crippen LogP contribution in [0.5, 0.6) is 0 Å². The van der Waals surface area contributed by atoms with Gasteiger partial charge in [-0.1, -0.05) is 19.8 Å². The summed E-state index contributed by atoms with van der Waals surface area (Å²) in [5.74, 6) is 0. The van der Waals surface area contributed by atoms with Gasteiger partial charge in [0.05, 0.1) is 0 Å². The zero-order valence-corrected chi connectivity index (χ0v) is 10.5. The third-order valence-electron chi connectivity index (χ3n) is 2.29. The Kier molecular flexibility index (Phi) is 6.95. The molecule has 5 heteroatoms. The number of unbranched alkanes of at least 4 members (excludes halogenated alkanes) is 2. The van der Waals surface area contributed by atoms with E-state index in [0.717, 1.165) is 12.8 Å². The average Bonchev–Trinajstić information content (AvgIpc) is 2.55. The van der Waals surface area contributed by atoms with Gasteiger partial charge in [-0.2, -0.15) is 0 Å². The summed E-state index contributed by atoms with van der Waals surface area (Å²) in [7, 11) is 0. The van der Waals surface area contributed by atoms with Crippen molar-refractivity contribution < 1.29 is 18.3 Å². The number of aliphatic hydroxyl groups is 1. The van der Waals surface area contributed by atoms with Crippen molar-refractivity contribution in [1.82, 2.24) is 4.57 Å². The van der Waals surface area contributed by atoms with Gasteiger partial charge >= 0.3 is 6.30 Å². The Hall–Kier alpha value is -0.970. The number of aliphatic hydroxyl groups excluding tert-OH is 1. The molecule has 0 fully saturated rings. The third-order valence-corrected chi connectivity index (χ3v) is 2.29. The van der Waals surface area contributed by atoms with E-state index in [1.807, 2.05) is 0 Å². The van der Waals surface area contributed by atoms with Gasteiger partial charge in [0.1, 0.15) is 0 Å². The van der Waals surface area contributed by atoms with E-state index < -0.39 is 6.30 Å². The SMILES string of the molecule is CCCCCO.Cc1ccc(C)n1C(F)(F)F. The Morgan fingerprint density at radius 1 is 1.12 bits per heavy atom. The van der Waals surface area contributed by atoms with Crippen LogP contribution < -0.4 is 0 Å². The Bertz CT molecular complexity index is 295. The molecule has 0 saturated heterocycles. The number of hydrogen-bond donors (Lipinski definition) is 1. The Morgan fingerprint density at radius 3 is 1.76 bits per heavy atom. The molecule has 0 aromatic carbocycles. The Labute approximate surface area is 100 Å². The molecular weight excluding hydrogens is 231 g/mol. The van der Waals surface area contributed by atoms with Crippen molar-refractivity contribution in [3.05, 3.63) is 23.5 Å². The average molecular weight is 251 g/mol. The summed E-state index contributed by atoms with van der Waals surface area (Å²) in [4.78, 5) is 0. The highest BCUT2D eigenvalue weighted by molar-refractivity contribution is 5.14. The van der Waals surface area contributed by atoms with Gasteiger partial charge in [0.15, 0.2) is 0 Å². The van der Waals surface area contributed by atoms with E-state index in [2.05, 4.69) is 6.92 Å². The molecule has 1 N–H and O–H groups in total. The summed E-state index contributed by atoms with van der Waals surface area (Å²) in [6.45, 7) is 5.34. The van der Waals surface area contributed by atoms with Crippen molar-refractivity contribution in [1.29, 1.82) is 0 Å². The molecule has 0 bridgehead atoms. The van der Waals surface area contributed by atoms with Crippen LogP contribution in [0.25, 0.3) is 0 Å². The minimum absolute atomic E-state index is 0.218. The van der Waals surface area contributed by atoms with Crippen LogP contribution in [0.1, 0.15) is 37.6 Å². The second-order valence-corrected chi connectivity index (χ2v) is 3.85. The first-order valence-electron chi connectivity index (χ1n) is 5.67. The maximum Gasteiger partial charge on any atom is 0.488 e. The molecule has 0 aliphatic heterocycles. The molecule has 1 aromatic heterocycles. The summed E-state index contributed by atoms with van der Waals surface area (Å²) >= 11 is 0. The molecule has 0 saturated carbocycles. The van der Waals surface area contributed by atoms with Crippen LogP contribution in [0.15, 0.2) is 12.1 Å². The molecule has 1 heterocycles. The van der Waals surface area contributed by atoms with Crippen LogP contribution in [0.4, 0.5) is 13.2 Å². The van der Waals surface area contributed by atoms with Gasteiger partial charge in [0.2, 0.25) is 0 Å². The van der Waals surface area contributed by atoms with Crippen LogP contribution >= 0.6 is 0 Å². The number of aryl methyl sites for hydroxylation is 2. The maximum atomic E-state index is 12.1. The van der Waals surface area contributed by atoms with Crippen molar-refractivity contribution in [3.8, 4) is 0 Å². The molecule has 1 aromatic rings. The molecule has 0 unspecified atom stereocenters. The van der Waals surface area contributed by atoms with E-state index >= 15 is 0 Å². The Balaban J connectivity index is 0.000000366. The largest absolute Gasteiger partial charge is 0.488 e. The summed E-state index contributed by atoms with van der Waals surface area (Å²) in [6, 6.07) is 2.89. The van der Waals surface area contributed by atoms with Gasteiger partial charge in [-0.3, -0.25) is 4.57 Å². The molecule has 0 atom stereocenters. The second-order valence-electron chi connectivity index (χ2n) is 3.85. The fourth-order valence-electron chi connectivity index (χ4n) is 1.43. The first-order chi connectivity index (χ1) is 7.84. The fourth-order valence-corrected chi connectivity index (χ4v) is 1.43. The van der Waals surface area contributed by atoms with E-state index in [1.165, 1.54) is 32.4 Å². The summed E-state index contributed by atoms with van der Waals surface area (Å²) < 4.78 is 36.7. The Morgan fingerprint density at radius 2 is 1.59 bits per heavy atom. The molecule has 17 heavy (non-hydrogen) atoms. The number of halogens is 3. The van der Waals surface area contributed by atoms with Gasteiger partial charge in [-0.25, -0.2) is 0 Å². The number of aromatic nitrogens is 1. The van der Waals surface area contributed by atoms with E-state index in [4.69, 9.17) is 5.11 Å². The molecule has 0 spiro atoms. The molecule has 0 aliphatic rings. The number of alkyl halides is 3. The highest BCUT2D eigenvalue weighted by Crippen LogP contribution is 2.26. The zero-order chi connectivity index (χ0) is 13.5. The van der Waals surface area contributed by atoms with Crippen LogP contribution in [0.2, 0.25) is 0 Å². The topological polar surface area (TPSA) is 25.2 Å². The predicted molar refractivity (Wildman–Crippen MR) is 61.8 cm³/mol. The van der Waals surface area contributed by atoms with Gasteiger partial charge in [0.25, 0.3) is 0 Å². The lowest BCUT2D eigenvalue weighted by Gasteiger charge is -2.12. The molecule has 1 rings (SSSR count). The van der Waals surface area contributed by atoms with Crippen molar-refractivity contribution in [3.63, 3.8) is 0 Å². The summed E-state index contributed by atoms with van der Waals surface area (Å²) in [6.07, 6.45) is -0.953. The standard InChI is InChI=1S/C7H8F3N.C5H12O/c1-5-3-4-6(2)11(5)7(8,9)10;1-2-3-4-5-6/h3-4H,1-2H3;6H,2-5H2,1H3. The van der Waals surface area contributed by atoms with Gasteiger partial charge < -0.3 is 5.11 Å². The minimum atomic E-state index is -4.28. The van der Waals surface area contributed by atoms with E-state index in [1.54, 1.807) is 0 Å². The van der Waals surface area contributed by atoms with Crippen molar-refractivity contribution in [2.24, 2.45) is 0 Å². The lowest BCUT2D eigenvalue weighted by atomic mass is 10.3. The molecule has 0 amide bonds. The fraction of sp³-hybridized carbons (Fsp3) is 0.667. The first-order valence-corrected chi connectivity index (χ1v) is 5.67. The highest BCUT2D eigenvalue weighted by Gasteiger charge is 2.32. The van der Waals surface area contributed by atoms with Gasteiger partial charge in [0, 0.05) is 18.0 Å². The molecular formula is C12H20F3NO. The number of hydrogen-bond acceptors (Lipinski definition) is 1. The van der Waals surface area contributed by atoms with Crippen LogP contribution in [-0.4, -0.2) is 16.3 Å². The molecule has 2 nitrogen and oxygen atoms in total. The van der Waals surface area contributed by atoms with Gasteiger partial charge in [-0.05, 0) is 32.4 Å². The van der Waals surface area contributed by atoms with E-state index in [0.29, 0.717) is 11.2 Å². The summed E-state index contributed by atoms with van der Waals surface area (Å²) in [5, 5.41) is 8.20. The smallest absolute Gasteiger partial charge is 0.396 e. The molecule has 0 radical (unpaired) electrons. The van der Waals surface area contributed by atoms with Crippen molar-refractivity contribution in [2.75, 3.05) is 6.61 Å². The van der Waals surface area contributed by atoms with Crippen LogP contribution in [-0.2, 0) is 6.30 Å². The van der Waals surface area contributed by atoms with Crippen LogP contribution in [0.3, 0.4) is 0 Å². The van der Waals surface area contributed by atoms with Crippen LogP contribution in [0, 0.1) is 13.8 Å². The summed E-state index contributed by atoms with van der Waals surface area (Å²) in [5.41, 5.74) is 0.435. The zero-order valence-electron chi connectivity index (χ0n) is 10.5. The quantitative estimate of drug-likeness (QED) is 0.813.